The average Bonchev–Trinajstić information content (AvgIpc) is 3.05. The van der Waals surface area contributed by atoms with Crippen molar-refractivity contribution in [2.24, 2.45) is 0 Å². The summed E-state index contributed by atoms with van der Waals surface area (Å²) in [4.78, 5) is 29.3. The number of amides is 1. The number of methoxy groups -OCH3 is 1. The van der Waals surface area contributed by atoms with E-state index in [2.05, 4.69) is 10.3 Å². The summed E-state index contributed by atoms with van der Waals surface area (Å²) < 4.78 is 4.77. The van der Waals surface area contributed by atoms with E-state index in [1.165, 1.54) is 18.4 Å². The summed E-state index contributed by atoms with van der Waals surface area (Å²) in [6, 6.07) is 19.1. The topological polar surface area (TPSA) is 68.3 Å². The fourth-order valence-corrected chi connectivity index (χ4v) is 3.48. The van der Waals surface area contributed by atoms with Crippen LogP contribution in [0.25, 0.3) is 11.3 Å². The minimum Gasteiger partial charge on any atom is -0.469 e. The largest absolute Gasteiger partial charge is 0.469 e. The molecule has 0 atom stereocenters. The van der Waals surface area contributed by atoms with Crippen LogP contribution >= 0.6 is 11.3 Å². The predicted octanol–water partition coefficient (Wildman–Crippen LogP) is 3.71. The van der Waals surface area contributed by atoms with Crippen molar-refractivity contribution in [1.82, 2.24) is 4.98 Å². The maximum absolute atomic E-state index is 12.3. The number of nitrogens with one attached hydrogen (secondary N) is 1. The lowest BCUT2D eigenvalue weighted by atomic mass is 10.1. The second-order valence-electron chi connectivity index (χ2n) is 5.62. The molecule has 132 valence electrons. The van der Waals surface area contributed by atoms with Gasteiger partial charge in [-0.1, -0.05) is 60.7 Å². The van der Waals surface area contributed by atoms with Gasteiger partial charge in [0, 0.05) is 10.4 Å². The molecule has 6 heteroatoms. The quantitative estimate of drug-likeness (QED) is 0.675. The number of carbonyl (C=O) groups excluding carboxylic acids is 2. The summed E-state index contributed by atoms with van der Waals surface area (Å²) in [5.74, 6) is -0.484. The molecule has 0 bridgehead atoms. The first kappa shape index (κ1) is 17.8. The maximum Gasteiger partial charge on any atom is 0.310 e. The summed E-state index contributed by atoms with van der Waals surface area (Å²) >= 11 is 1.29. The minimum absolute atomic E-state index is 0.118. The fourth-order valence-electron chi connectivity index (χ4n) is 2.49. The standard InChI is InChI=1S/C20H18N2O3S/c1-25-18(24)13-16-19(15-10-6-3-7-11-15)22-20(26-16)21-17(23)12-14-8-4-2-5-9-14/h2-11H,12-13H2,1H3,(H,21,22,23). The second-order valence-corrected chi connectivity index (χ2v) is 6.70. The van der Waals surface area contributed by atoms with Gasteiger partial charge in [0.05, 0.1) is 25.6 Å². The average molecular weight is 366 g/mol. The molecule has 0 unspecified atom stereocenters. The number of aromatic nitrogens is 1. The summed E-state index contributed by atoms with van der Waals surface area (Å²) in [5.41, 5.74) is 2.52. The van der Waals surface area contributed by atoms with Crippen LogP contribution in [-0.2, 0) is 27.2 Å². The molecule has 1 amide bonds. The first-order valence-corrected chi connectivity index (χ1v) is 8.93. The van der Waals surface area contributed by atoms with E-state index in [0.717, 1.165) is 16.0 Å². The van der Waals surface area contributed by atoms with E-state index >= 15 is 0 Å². The third-order valence-corrected chi connectivity index (χ3v) is 4.70. The maximum atomic E-state index is 12.3. The Balaban J connectivity index is 1.81. The highest BCUT2D eigenvalue weighted by atomic mass is 32.1. The molecule has 0 fully saturated rings. The Hall–Kier alpha value is -2.99. The summed E-state index contributed by atoms with van der Waals surface area (Å²) in [7, 11) is 1.36. The smallest absolute Gasteiger partial charge is 0.310 e. The van der Waals surface area contributed by atoms with Gasteiger partial charge in [0.15, 0.2) is 5.13 Å². The van der Waals surface area contributed by atoms with Crippen molar-refractivity contribution in [3.05, 3.63) is 71.1 Å². The number of hydrogen-bond acceptors (Lipinski definition) is 5. The van der Waals surface area contributed by atoms with Crippen molar-refractivity contribution in [2.75, 3.05) is 12.4 Å². The lowest BCUT2D eigenvalue weighted by Gasteiger charge is -2.01. The first-order valence-electron chi connectivity index (χ1n) is 8.11. The molecule has 0 aliphatic rings. The summed E-state index contributed by atoms with van der Waals surface area (Å²) in [5, 5.41) is 3.30. The molecule has 26 heavy (non-hydrogen) atoms. The second kappa shape index (κ2) is 8.40. The van der Waals surface area contributed by atoms with Crippen LogP contribution in [0.3, 0.4) is 0 Å². The number of anilines is 1. The van der Waals surface area contributed by atoms with Crippen LogP contribution in [0.15, 0.2) is 60.7 Å². The Labute approximate surface area is 155 Å². The van der Waals surface area contributed by atoms with Crippen molar-refractivity contribution in [1.29, 1.82) is 0 Å². The van der Waals surface area contributed by atoms with Crippen molar-refractivity contribution in [3.8, 4) is 11.3 Å². The number of esters is 1. The summed E-state index contributed by atoms with van der Waals surface area (Å²) in [6.45, 7) is 0. The van der Waals surface area contributed by atoms with Crippen LogP contribution in [0.4, 0.5) is 5.13 Å². The van der Waals surface area contributed by atoms with Crippen molar-refractivity contribution in [3.63, 3.8) is 0 Å². The highest BCUT2D eigenvalue weighted by molar-refractivity contribution is 7.16. The Morgan fingerprint density at radius 3 is 2.31 bits per heavy atom. The van der Waals surface area contributed by atoms with Gasteiger partial charge in [-0.25, -0.2) is 4.98 Å². The molecule has 3 aromatic rings. The predicted molar refractivity (Wildman–Crippen MR) is 102 cm³/mol. The number of benzene rings is 2. The molecule has 1 aromatic heterocycles. The van der Waals surface area contributed by atoms with E-state index in [-0.39, 0.29) is 24.7 Å². The van der Waals surface area contributed by atoms with Crippen LogP contribution in [-0.4, -0.2) is 24.0 Å². The van der Waals surface area contributed by atoms with Gasteiger partial charge in [0.2, 0.25) is 5.91 Å². The molecule has 1 heterocycles. The van der Waals surface area contributed by atoms with Crippen molar-refractivity contribution in [2.45, 2.75) is 12.8 Å². The molecule has 2 aromatic carbocycles. The van der Waals surface area contributed by atoms with Gasteiger partial charge < -0.3 is 10.1 Å². The van der Waals surface area contributed by atoms with Gasteiger partial charge in [-0.3, -0.25) is 9.59 Å². The number of thiazole rings is 1. The van der Waals surface area contributed by atoms with E-state index in [9.17, 15) is 9.59 Å². The van der Waals surface area contributed by atoms with Crippen molar-refractivity contribution < 1.29 is 14.3 Å². The van der Waals surface area contributed by atoms with Gasteiger partial charge in [-0.2, -0.15) is 0 Å². The number of nitrogens with zero attached hydrogens (tertiary/aromatic N) is 1. The third kappa shape index (κ3) is 4.55. The first-order chi connectivity index (χ1) is 12.7. The Bertz CT molecular complexity index is 892. The normalized spacial score (nSPS) is 10.3. The lowest BCUT2D eigenvalue weighted by molar-refractivity contribution is -0.139. The number of rotatable bonds is 6. The van der Waals surface area contributed by atoms with Gasteiger partial charge in [-0.15, -0.1) is 11.3 Å². The molecule has 0 saturated heterocycles. The molecule has 0 aliphatic heterocycles. The Morgan fingerprint density at radius 1 is 1.00 bits per heavy atom. The molecule has 0 spiro atoms. The van der Waals surface area contributed by atoms with Crippen LogP contribution in [0.1, 0.15) is 10.4 Å². The van der Waals surface area contributed by atoms with Crippen molar-refractivity contribution >= 4 is 28.3 Å². The zero-order chi connectivity index (χ0) is 18.4. The lowest BCUT2D eigenvalue weighted by Crippen LogP contribution is -2.14. The molecule has 0 radical (unpaired) electrons. The molecular formula is C20H18N2O3S. The monoisotopic (exact) mass is 366 g/mol. The van der Waals surface area contributed by atoms with Crippen LogP contribution in [0.2, 0.25) is 0 Å². The van der Waals surface area contributed by atoms with Gasteiger partial charge in [-0.05, 0) is 5.56 Å². The van der Waals surface area contributed by atoms with E-state index in [0.29, 0.717) is 10.8 Å². The molecule has 1 N–H and O–H groups in total. The van der Waals surface area contributed by atoms with E-state index in [1.54, 1.807) is 0 Å². The highest BCUT2D eigenvalue weighted by Crippen LogP contribution is 2.31. The number of carbonyl (C=O) groups is 2. The molecule has 5 nitrogen and oxygen atoms in total. The molecule has 3 rings (SSSR count). The van der Waals surface area contributed by atoms with E-state index in [1.807, 2.05) is 60.7 Å². The molecule has 0 aliphatic carbocycles. The van der Waals surface area contributed by atoms with E-state index < -0.39 is 0 Å². The van der Waals surface area contributed by atoms with Crippen LogP contribution in [0.5, 0.6) is 0 Å². The van der Waals surface area contributed by atoms with Crippen LogP contribution < -0.4 is 5.32 Å². The fraction of sp³-hybridized carbons (Fsp3) is 0.150. The zero-order valence-electron chi connectivity index (χ0n) is 14.3. The zero-order valence-corrected chi connectivity index (χ0v) is 15.1. The molecule has 0 saturated carbocycles. The van der Waals surface area contributed by atoms with Gasteiger partial charge in [0.1, 0.15) is 0 Å². The minimum atomic E-state index is -0.340. The Kier molecular flexibility index (Phi) is 5.76. The molecular weight excluding hydrogens is 348 g/mol. The highest BCUT2D eigenvalue weighted by Gasteiger charge is 2.17. The third-order valence-electron chi connectivity index (χ3n) is 3.73. The number of ether oxygens (including phenoxy) is 1. The Morgan fingerprint density at radius 2 is 1.65 bits per heavy atom. The van der Waals surface area contributed by atoms with E-state index in [4.69, 9.17) is 4.74 Å². The van der Waals surface area contributed by atoms with Gasteiger partial charge >= 0.3 is 5.97 Å². The summed E-state index contributed by atoms with van der Waals surface area (Å²) in [6.07, 6.45) is 0.389. The number of hydrogen-bond donors (Lipinski definition) is 1. The SMILES string of the molecule is COC(=O)Cc1sc(NC(=O)Cc2ccccc2)nc1-c1ccccc1. The van der Waals surface area contributed by atoms with Crippen LogP contribution in [0, 0.1) is 0 Å². The van der Waals surface area contributed by atoms with Gasteiger partial charge in [0.25, 0.3) is 0 Å².